The van der Waals surface area contributed by atoms with Gasteiger partial charge in [0, 0.05) is 36.7 Å². The van der Waals surface area contributed by atoms with Gasteiger partial charge < -0.3 is 10.2 Å². The number of halogens is 1. The van der Waals surface area contributed by atoms with E-state index < -0.39 is 23.4 Å². The van der Waals surface area contributed by atoms with Crippen LogP contribution in [0, 0.1) is 11.3 Å². The molecule has 4 atom stereocenters. The number of nitrogens with zero attached hydrogens (tertiary/aromatic N) is 2. The van der Waals surface area contributed by atoms with Crippen molar-refractivity contribution in [1.29, 1.82) is 0 Å². The fourth-order valence-electron chi connectivity index (χ4n) is 5.85. The fourth-order valence-corrected chi connectivity index (χ4v) is 5.85. The predicted octanol–water partition coefficient (Wildman–Crippen LogP) is 1.12. The van der Waals surface area contributed by atoms with Crippen molar-refractivity contribution in [3.8, 4) is 0 Å². The smallest absolute Gasteiger partial charge is 0.328 e. The monoisotopic (exact) mass is 405 g/mol. The van der Waals surface area contributed by atoms with Gasteiger partial charge in [-0.05, 0) is 43.6 Å². The summed E-state index contributed by atoms with van der Waals surface area (Å²) in [6, 6.07) is -0.496. The summed E-state index contributed by atoms with van der Waals surface area (Å²) in [4.78, 5) is 29.6. The number of rotatable bonds is 4. The number of likely N-dealkylation sites (tertiary alicyclic amines) is 1. The SMILES string of the molecule is CC1=C(F)C(N2CC(C(O)CO)C3(CC3)C2)C(C)c2c1c(=O)[nH]c(=O)n2C1CC1. The summed E-state index contributed by atoms with van der Waals surface area (Å²) in [6.07, 6.45) is 2.91. The zero-order valence-electron chi connectivity index (χ0n) is 16.8. The van der Waals surface area contributed by atoms with E-state index in [0.717, 1.165) is 25.7 Å². The number of aromatic amines is 1. The molecule has 4 unspecified atom stereocenters. The maximum absolute atomic E-state index is 15.6. The highest BCUT2D eigenvalue weighted by Crippen LogP contribution is 2.59. The molecule has 29 heavy (non-hydrogen) atoms. The summed E-state index contributed by atoms with van der Waals surface area (Å²) < 4.78 is 17.3. The topological polar surface area (TPSA) is 98.6 Å². The molecule has 1 spiro atoms. The zero-order valence-corrected chi connectivity index (χ0v) is 16.8. The third-order valence-electron chi connectivity index (χ3n) is 7.66. The van der Waals surface area contributed by atoms with Crippen molar-refractivity contribution in [3.05, 3.63) is 37.9 Å². The molecule has 1 aromatic heterocycles. The highest BCUT2D eigenvalue weighted by molar-refractivity contribution is 5.71. The largest absolute Gasteiger partial charge is 0.394 e. The molecule has 0 amide bonds. The molecule has 3 aliphatic carbocycles. The van der Waals surface area contributed by atoms with Gasteiger partial charge in [0.1, 0.15) is 5.83 Å². The molecule has 1 aromatic rings. The zero-order chi connectivity index (χ0) is 20.7. The minimum absolute atomic E-state index is 0.0549. The van der Waals surface area contributed by atoms with Gasteiger partial charge in [-0.15, -0.1) is 0 Å². The van der Waals surface area contributed by atoms with Gasteiger partial charge in [-0.1, -0.05) is 6.92 Å². The van der Waals surface area contributed by atoms with Gasteiger partial charge in [-0.25, -0.2) is 9.18 Å². The van der Waals surface area contributed by atoms with E-state index in [4.69, 9.17) is 0 Å². The molecule has 1 aliphatic heterocycles. The Morgan fingerprint density at radius 2 is 2.00 bits per heavy atom. The number of fused-ring (bicyclic) bond motifs is 1. The third-order valence-corrected chi connectivity index (χ3v) is 7.66. The molecular weight excluding hydrogens is 377 g/mol. The summed E-state index contributed by atoms with van der Waals surface area (Å²) in [5.74, 6) is -0.768. The molecule has 0 aromatic carbocycles. The van der Waals surface area contributed by atoms with Gasteiger partial charge in [0.15, 0.2) is 0 Å². The first-order valence-electron chi connectivity index (χ1n) is 10.6. The van der Waals surface area contributed by atoms with Crippen molar-refractivity contribution >= 4 is 5.57 Å². The predicted molar refractivity (Wildman–Crippen MR) is 105 cm³/mol. The number of hydrogen-bond acceptors (Lipinski definition) is 5. The Bertz CT molecular complexity index is 1000. The molecular formula is C21H28FN3O4. The summed E-state index contributed by atoms with van der Waals surface area (Å²) >= 11 is 0. The highest BCUT2D eigenvalue weighted by Gasteiger charge is 2.59. The molecule has 3 N–H and O–H groups in total. The van der Waals surface area contributed by atoms with Crippen LogP contribution in [0.1, 0.15) is 62.7 Å². The normalized spacial score (nSPS) is 32.0. The highest BCUT2D eigenvalue weighted by atomic mass is 19.1. The first-order chi connectivity index (χ1) is 13.8. The number of aliphatic hydroxyl groups excluding tert-OH is 2. The van der Waals surface area contributed by atoms with Crippen LogP contribution in [0.3, 0.4) is 0 Å². The van der Waals surface area contributed by atoms with E-state index in [1.165, 1.54) is 0 Å². The summed E-state index contributed by atoms with van der Waals surface area (Å²) in [7, 11) is 0. The maximum Gasteiger partial charge on any atom is 0.328 e. The molecule has 1 saturated heterocycles. The Hall–Kier alpha value is -1.77. The van der Waals surface area contributed by atoms with Gasteiger partial charge in [-0.2, -0.15) is 0 Å². The standard InChI is InChI=1S/C21H28FN3O4/c1-10-15-17(25(12-3-4-12)20(29)23-19(15)28)11(2)18(16(10)22)24-7-13(14(27)8-26)21(9-24)5-6-21/h11-14,18,26-27H,3-9H2,1-2H3,(H,23,28,29). The van der Waals surface area contributed by atoms with Crippen LogP contribution in [0.15, 0.2) is 15.4 Å². The molecule has 5 rings (SSSR count). The van der Waals surface area contributed by atoms with Crippen LogP contribution in [0.25, 0.3) is 5.57 Å². The van der Waals surface area contributed by atoms with Gasteiger partial charge in [-0.3, -0.25) is 19.2 Å². The summed E-state index contributed by atoms with van der Waals surface area (Å²) in [5.41, 5.74) is 0.251. The lowest BCUT2D eigenvalue weighted by molar-refractivity contribution is 0.0305. The van der Waals surface area contributed by atoms with Crippen molar-refractivity contribution < 1.29 is 14.6 Å². The van der Waals surface area contributed by atoms with E-state index in [-0.39, 0.29) is 35.7 Å². The van der Waals surface area contributed by atoms with E-state index in [1.54, 1.807) is 11.5 Å². The second-order valence-electron chi connectivity index (χ2n) is 9.48. The summed E-state index contributed by atoms with van der Waals surface area (Å²) in [6.45, 7) is 4.38. The molecule has 2 saturated carbocycles. The van der Waals surface area contributed by atoms with Crippen molar-refractivity contribution in [2.24, 2.45) is 11.3 Å². The van der Waals surface area contributed by atoms with Crippen molar-refractivity contribution in [3.63, 3.8) is 0 Å². The molecule has 4 aliphatic rings. The van der Waals surface area contributed by atoms with E-state index in [9.17, 15) is 19.8 Å². The Morgan fingerprint density at radius 3 is 2.59 bits per heavy atom. The second-order valence-corrected chi connectivity index (χ2v) is 9.48. The molecule has 0 radical (unpaired) electrons. The molecule has 7 nitrogen and oxygen atoms in total. The summed E-state index contributed by atoms with van der Waals surface area (Å²) in [5, 5.41) is 19.8. The van der Waals surface area contributed by atoms with E-state index >= 15 is 4.39 Å². The minimum Gasteiger partial charge on any atom is -0.394 e. The lowest BCUT2D eigenvalue weighted by atomic mass is 9.83. The fraction of sp³-hybridized carbons (Fsp3) is 0.714. The number of nitrogens with one attached hydrogen (secondary N) is 1. The maximum atomic E-state index is 15.6. The average molecular weight is 405 g/mol. The number of aliphatic hydroxyl groups is 2. The Kier molecular flexibility index (Phi) is 4.21. The average Bonchev–Trinajstić information content (AvgIpc) is 3.58. The molecule has 8 heteroatoms. The van der Waals surface area contributed by atoms with Crippen molar-refractivity contribution in [1.82, 2.24) is 14.5 Å². The number of allylic oxidation sites excluding steroid dienone is 1. The van der Waals surface area contributed by atoms with Gasteiger partial charge in [0.2, 0.25) is 0 Å². The van der Waals surface area contributed by atoms with Crippen LogP contribution in [-0.4, -0.2) is 56.5 Å². The van der Waals surface area contributed by atoms with Gasteiger partial charge >= 0.3 is 5.69 Å². The van der Waals surface area contributed by atoms with Crippen LogP contribution < -0.4 is 11.2 Å². The molecule has 2 heterocycles. The Balaban J connectivity index is 1.59. The van der Waals surface area contributed by atoms with E-state index in [2.05, 4.69) is 9.88 Å². The second kappa shape index (κ2) is 6.36. The number of aromatic nitrogens is 2. The van der Waals surface area contributed by atoms with Crippen molar-refractivity contribution in [2.75, 3.05) is 19.7 Å². The number of hydrogen-bond donors (Lipinski definition) is 3. The molecule has 158 valence electrons. The first-order valence-corrected chi connectivity index (χ1v) is 10.6. The Morgan fingerprint density at radius 1 is 1.31 bits per heavy atom. The van der Waals surface area contributed by atoms with Crippen LogP contribution in [0.4, 0.5) is 4.39 Å². The van der Waals surface area contributed by atoms with Crippen LogP contribution >= 0.6 is 0 Å². The first kappa shape index (κ1) is 19.2. The van der Waals surface area contributed by atoms with Gasteiger partial charge in [0.25, 0.3) is 5.56 Å². The van der Waals surface area contributed by atoms with Crippen LogP contribution in [-0.2, 0) is 0 Å². The van der Waals surface area contributed by atoms with Gasteiger partial charge in [0.05, 0.1) is 24.3 Å². The Labute approximate surface area is 167 Å². The van der Waals surface area contributed by atoms with E-state index in [1.807, 2.05) is 6.92 Å². The van der Waals surface area contributed by atoms with Crippen LogP contribution in [0.5, 0.6) is 0 Å². The minimum atomic E-state index is -0.811. The quantitative estimate of drug-likeness (QED) is 0.697. The lowest BCUT2D eigenvalue weighted by Crippen LogP contribution is -2.46. The van der Waals surface area contributed by atoms with E-state index in [0.29, 0.717) is 29.9 Å². The number of H-pyrrole nitrogens is 1. The molecule has 3 fully saturated rings. The third kappa shape index (κ3) is 2.72. The lowest BCUT2D eigenvalue weighted by Gasteiger charge is -2.38. The van der Waals surface area contributed by atoms with Crippen LogP contribution in [0.2, 0.25) is 0 Å². The molecule has 0 bridgehead atoms. The van der Waals surface area contributed by atoms with Crippen molar-refractivity contribution in [2.45, 2.75) is 63.6 Å².